The Bertz CT molecular complexity index is 943. The number of ether oxygens (including phenoxy) is 1. The normalized spacial score (nSPS) is 15.0. The van der Waals surface area contributed by atoms with Gasteiger partial charge in [-0.3, -0.25) is 4.79 Å². The van der Waals surface area contributed by atoms with E-state index in [1.165, 1.54) is 22.3 Å². The Morgan fingerprint density at radius 2 is 1.93 bits per heavy atom. The molecule has 1 aliphatic rings. The molecular weight excluding hydrogens is 422 g/mol. The number of nitrogens with one attached hydrogen (secondary N) is 1. The van der Waals surface area contributed by atoms with E-state index in [-0.39, 0.29) is 16.6 Å². The van der Waals surface area contributed by atoms with Crippen LogP contribution in [0.4, 0.5) is 0 Å². The van der Waals surface area contributed by atoms with E-state index >= 15 is 0 Å². The molecule has 7 nitrogen and oxygen atoms in total. The third-order valence-electron chi connectivity index (χ3n) is 4.92. The van der Waals surface area contributed by atoms with Crippen LogP contribution in [0, 0.1) is 0 Å². The minimum absolute atomic E-state index is 0.0956. The molecule has 1 aromatic heterocycles. The number of aromatic nitrogens is 1. The second kappa shape index (κ2) is 10.8. The lowest BCUT2D eigenvalue weighted by atomic mass is 10.1. The summed E-state index contributed by atoms with van der Waals surface area (Å²) in [6.45, 7) is 1.64. The van der Waals surface area contributed by atoms with Gasteiger partial charge in [0.05, 0.1) is 17.9 Å². The number of sulfonamides is 1. The largest absolute Gasteiger partial charge is 0.496 e. The summed E-state index contributed by atoms with van der Waals surface area (Å²) in [5, 5.41) is 3.50. The van der Waals surface area contributed by atoms with Crippen molar-refractivity contribution in [3.05, 3.63) is 48.2 Å². The maximum atomic E-state index is 12.7. The van der Waals surface area contributed by atoms with Crippen LogP contribution in [0.3, 0.4) is 0 Å². The Hall–Kier alpha value is -2.10. The van der Waals surface area contributed by atoms with E-state index < -0.39 is 10.0 Å². The Morgan fingerprint density at radius 1 is 1.17 bits per heavy atom. The molecule has 0 bridgehead atoms. The summed E-state index contributed by atoms with van der Waals surface area (Å²) in [6, 6.07) is 10.9. The van der Waals surface area contributed by atoms with Gasteiger partial charge in [0, 0.05) is 25.8 Å². The van der Waals surface area contributed by atoms with Crippen LogP contribution in [0.2, 0.25) is 0 Å². The van der Waals surface area contributed by atoms with Gasteiger partial charge in [0.2, 0.25) is 15.9 Å². The first kappa shape index (κ1) is 22.6. The monoisotopic (exact) mass is 449 g/mol. The minimum atomic E-state index is -3.48. The number of para-hydroxylation sites is 1. The summed E-state index contributed by atoms with van der Waals surface area (Å²) in [4.78, 5) is 16.5. The molecule has 162 valence electrons. The van der Waals surface area contributed by atoms with Crippen LogP contribution in [-0.2, 0) is 21.2 Å². The van der Waals surface area contributed by atoms with Gasteiger partial charge in [0.1, 0.15) is 10.6 Å². The number of carbonyl (C=O) groups excluding carboxylic acids is 1. The van der Waals surface area contributed by atoms with Crippen LogP contribution in [0.25, 0.3) is 0 Å². The SMILES string of the molecule is COc1ccccc1CCNC(=O)CSc1ccc(S(=O)(=O)N2CCCCC2)cn1. The Labute approximate surface area is 182 Å². The van der Waals surface area contributed by atoms with Crippen molar-refractivity contribution < 1.29 is 17.9 Å². The fourth-order valence-electron chi connectivity index (χ4n) is 3.30. The highest BCUT2D eigenvalue weighted by molar-refractivity contribution is 7.99. The summed E-state index contributed by atoms with van der Waals surface area (Å²) in [7, 11) is -1.85. The number of methoxy groups -OCH3 is 1. The summed E-state index contributed by atoms with van der Waals surface area (Å²) < 4.78 is 32.1. The highest BCUT2D eigenvalue weighted by Gasteiger charge is 2.26. The van der Waals surface area contributed by atoms with Crippen molar-refractivity contribution in [1.82, 2.24) is 14.6 Å². The second-order valence-electron chi connectivity index (χ2n) is 7.00. The summed E-state index contributed by atoms with van der Waals surface area (Å²) >= 11 is 1.28. The van der Waals surface area contributed by atoms with Crippen LogP contribution < -0.4 is 10.1 Å². The summed E-state index contributed by atoms with van der Waals surface area (Å²) in [6.07, 6.45) is 4.92. The van der Waals surface area contributed by atoms with Crippen LogP contribution in [0.1, 0.15) is 24.8 Å². The number of rotatable bonds is 9. The number of hydrogen-bond acceptors (Lipinski definition) is 6. The van der Waals surface area contributed by atoms with Crippen molar-refractivity contribution in [2.45, 2.75) is 35.6 Å². The first-order valence-corrected chi connectivity index (χ1v) is 12.4. The van der Waals surface area contributed by atoms with Gasteiger partial charge in [-0.1, -0.05) is 36.4 Å². The van der Waals surface area contributed by atoms with E-state index in [1.54, 1.807) is 19.2 Å². The van der Waals surface area contributed by atoms with Gasteiger partial charge in [0.25, 0.3) is 0 Å². The average Bonchev–Trinajstić information content (AvgIpc) is 2.79. The second-order valence-corrected chi connectivity index (χ2v) is 9.93. The number of amides is 1. The molecule has 0 saturated carbocycles. The van der Waals surface area contributed by atoms with Crippen molar-refractivity contribution in [2.24, 2.45) is 0 Å². The molecule has 0 radical (unpaired) electrons. The van der Waals surface area contributed by atoms with Crippen molar-refractivity contribution >= 4 is 27.7 Å². The van der Waals surface area contributed by atoms with E-state index in [2.05, 4.69) is 10.3 Å². The van der Waals surface area contributed by atoms with Gasteiger partial charge < -0.3 is 10.1 Å². The number of hydrogen-bond donors (Lipinski definition) is 1. The zero-order chi connectivity index (χ0) is 21.4. The maximum Gasteiger partial charge on any atom is 0.244 e. The summed E-state index contributed by atoms with van der Waals surface area (Å²) in [5.74, 6) is 0.934. The molecule has 1 aliphatic heterocycles. The number of thioether (sulfide) groups is 1. The van der Waals surface area contributed by atoms with Crippen molar-refractivity contribution in [3.8, 4) is 5.75 Å². The highest BCUT2D eigenvalue weighted by atomic mass is 32.2. The molecule has 2 heterocycles. The number of nitrogens with zero attached hydrogens (tertiary/aromatic N) is 2. The number of carbonyl (C=O) groups is 1. The molecule has 0 unspecified atom stereocenters. The van der Waals surface area contributed by atoms with Gasteiger partial charge in [-0.05, 0) is 43.0 Å². The van der Waals surface area contributed by atoms with Crippen molar-refractivity contribution in [3.63, 3.8) is 0 Å². The molecule has 3 rings (SSSR count). The first-order chi connectivity index (χ1) is 14.5. The molecule has 0 atom stereocenters. The fraction of sp³-hybridized carbons (Fsp3) is 0.429. The van der Waals surface area contributed by atoms with E-state index in [1.807, 2.05) is 24.3 Å². The molecule has 1 amide bonds. The van der Waals surface area contributed by atoms with Crippen LogP contribution >= 0.6 is 11.8 Å². The van der Waals surface area contributed by atoms with Crippen molar-refractivity contribution in [2.75, 3.05) is 32.5 Å². The molecule has 2 aromatic rings. The lowest BCUT2D eigenvalue weighted by molar-refractivity contribution is -0.118. The Kier molecular flexibility index (Phi) is 8.12. The topological polar surface area (TPSA) is 88.6 Å². The zero-order valence-electron chi connectivity index (χ0n) is 17.0. The smallest absolute Gasteiger partial charge is 0.244 e. The molecule has 1 aromatic carbocycles. The predicted octanol–water partition coefficient (Wildman–Crippen LogP) is 2.72. The minimum Gasteiger partial charge on any atom is -0.496 e. The van der Waals surface area contributed by atoms with Gasteiger partial charge in [-0.25, -0.2) is 13.4 Å². The Morgan fingerprint density at radius 3 is 2.63 bits per heavy atom. The molecule has 1 N–H and O–H groups in total. The lowest BCUT2D eigenvalue weighted by Crippen LogP contribution is -2.35. The number of benzene rings is 1. The quantitative estimate of drug-likeness (QED) is 0.592. The van der Waals surface area contributed by atoms with Crippen LogP contribution in [0.5, 0.6) is 5.75 Å². The molecule has 0 spiro atoms. The lowest BCUT2D eigenvalue weighted by Gasteiger charge is -2.25. The Balaban J connectivity index is 1.46. The molecule has 0 aliphatic carbocycles. The number of piperidine rings is 1. The van der Waals surface area contributed by atoms with E-state index in [0.717, 1.165) is 30.6 Å². The molecule has 1 fully saturated rings. The molecule has 9 heteroatoms. The molecular formula is C21H27N3O4S2. The third kappa shape index (κ3) is 5.96. The standard InChI is InChI=1S/C21H27N3O4S2/c1-28-19-8-4-3-7-17(19)11-12-22-20(25)16-29-21-10-9-18(15-23-21)30(26,27)24-13-5-2-6-14-24/h3-4,7-10,15H,2,5-6,11-14,16H2,1H3,(H,22,25). The maximum absolute atomic E-state index is 12.7. The van der Waals surface area contributed by atoms with Gasteiger partial charge >= 0.3 is 0 Å². The van der Waals surface area contributed by atoms with Crippen LogP contribution in [-0.4, -0.2) is 56.1 Å². The molecule has 30 heavy (non-hydrogen) atoms. The average molecular weight is 450 g/mol. The van der Waals surface area contributed by atoms with Gasteiger partial charge in [-0.15, -0.1) is 0 Å². The first-order valence-electron chi connectivity index (χ1n) is 9.98. The van der Waals surface area contributed by atoms with Gasteiger partial charge in [0.15, 0.2) is 0 Å². The van der Waals surface area contributed by atoms with E-state index in [9.17, 15) is 13.2 Å². The van der Waals surface area contributed by atoms with Crippen LogP contribution in [0.15, 0.2) is 52.5 Å². The van der Waals surface area contributed by atoms with E-state index in [0.29, 0.717) is 31.1 Å². The third-order valence-corrected chi connectivity index (χ3v) is 7.75. The molecule has 1 saturated heterocycles. The van der Waals surface area contributed by atoms with Gasteiger partial charge in [-0.2, -0.15) is 4.31 Å². The predicted molar refractivity (Wildman–Crippen MR) is 117 cm³/mol. The zero-order valence-corrected chi connectivity index (χ0v) is 18.7. The highest BCUT2D eigenvalue weighted by Crippen LogP contribution is 2.22. The number of pyridine rings is 1. The van der Waals surface area contributed by atoms with Crippen molar-refractivity contribution in [1.29, 1.82) is 0 Å². The fourth-order valence-corrected chi connectivity index (χ4v) is 5.43. The summed E-state index contributed by atoms with van der Waals surface area (Å²) in [5.41, 5.74) is 1.04. The van der Waals surface area contributed by atoms with E-state index in [4.69, 9.17) is 4.74 Å².